The summed E-state index contributed by atoms with van der Waals surface area (Å²) in [6.45, 7) is 3.74. The van der Waals surface area contributed by atoms with Crippen LogP contribution in [0, 0.1) is 6.92 Å². The Kier molecular flexibility index (Phi) is 4.37. The normalized spacial score (nSPS) is 15.5. The maximum absolute atomic E-state index is 12.6. The highest BCUT2D eigenvalue weighted by Gasteiger charge is 2.26. The molecule has 3 heterocycles. The van der Waals surface area contributed by atoms with Crippen molar-refractivity contribution in [3.05, 3.63) is 70.3 Å². The second-order valence-corrected chi connectivity index (χ2v) is 7.03. The summed E-state index contributed by atoms with van der Waals surface area (Å²) in [6, 6.07) is 13.4. The highest BCUT2D eigenvalue weighted by atomic mass is 16.2. The Balaban J connectivity index is 1.45. The summed E-state index contributed by atoms with van der Waals surface area (Å²) < 4.78 is 1.47. The van der Waals surface area contributed by atoms with Crippen LogP contribution in [0.4, 0.5) is 0 Å². The molecule has 4 rings (SSSR count). The van der Waals surface area contributed by atoms with Crippen LogP contribution in [0.1, 0.15) is 30.0 Å². The molecule has 0 unspecified atom stereocenters. The third kappa shape index (κ3) is 3.05. The van der Waals surface area contributed by atoms with Crippen LogP contribution in [0.5, 0.6) is 0 Å². The number of para-hydroxylation sites is 1. The lowest BCUT2D eigenvalue weighted by Gasteiger charge is -2.32. The number of carbonyl (C=O) groups excluding carboxylic acids is 1. The summed E-state index contributed by atoms with van der Waals surface area (Å²) in [5, 5.41) is 1.30. The monoisotopic (exact) mass is 349 g/mol. The zero-order chi connectivity index (χ0) is 18.1. The van der Waals surface area contributed by atoms with E-state index in [0.717, 1.165) is 25.9 Å². The van der Waals surface area contributed by atoms with Gasteiger partial charge in [-0.3, -0.25) is 9.59 Å². The van der Waals surface area contributed by atoms with Crippen molar-refractivity contribution in [2.75, 3.05) is 13.1 Å². The molecular formula is C21H23N3O2. The van der Waals surface area contributed by atoms with E-state index in [9.17, 15) is 9.59 Å². The van der Waals surface area contributed by atoms with Gasteiger partial charge in [-0.05, 0) is 43.4 Å². The van der Waals surface area contributed by atoms with Gasteiger partial charge in [-0.2, -0.15) is 0 Å². The van der Waals surface area contributed by atoms with Crippen molar-refractivity contribution < 1.29 is 4.79 Å². The number of likely N-dealkylation sites (tertiary alicyclic amines) is 1. The molecule has 1 aliphatic rings. The SMILES string of the molecule is Cc1[nH]c2ccccc2c1C1CCN(C(=O)Cn2ccccc2=O)CC1. The predicted molar refractivity (Wildman–Crippen MR) is 102 cm³/mol. The molecule has 1 saturated heterocycles. The van der Waals surface area contributed by atoms with Crippen LogP contribution in [0.15, 0.2) is 53.5 Å². The molecule has 2 aromatic heterocycles. The van der Waals surface area contributed by atoms with E-state index in [4.69, 9.17) is 0 Å². The molecule has 134 valence electrons. The van der Waals surface area contributed by atoms with E-state index < -0.39 is 0 Å². The topological polar surface area (TPSA) is 58.1 Å². The number of aromatic amines is 1. The fraction of sp³-hybridized carbons (Fsp3) is 0.333. The first-order valence-electron chi connectivity index (χ1n) is 9.14. The molecule has 3 aromatic rings. The summed E-state index contributed by atoms with van der Waals surface area (Å²) in [4.78, 5) is 29.7. The lowest BCUT2D eigenvalue weighted by Crippen LogP contribution is -2.41. The van der Waals surface area contributed by atoms with Gasteiger partial charge in [0.25, 0.3) is 5.56 Å². The third-order valence-corrected chi connectivity index (χ3v) is 5.40. The molecule has 0 bridgehead atoms. The molecule has 5 heteroatoms. The summed E-state index contributed by atoms with van der Waals surface area (Å²) >= 11 is 0. The first kappa shape index (κ1) is 16.6. The van der Waals surface area contributed by atoms with Crippen LogP contribution in [-0.4, -0.2) is 33.4 Å². The highest BCUT2D eigenvalue weighted by Crippen LogP contribution is 2.35. The number of aromatic nitrogens is 2. The molecule has 1 amide bonds. The Bertz CT molecular complexity index is 994. The van der Waals surface area contributed by atoms with Crippen molar-refractivity contribution in [2.45, 2.75) is 32.2 Å². The Morgan fingerprint density at radius 3 is 2.62 bits per heavy atom. The van der Waals surface area contributed by atoms with Crippen molar-refractivity contribution in [1.29, 1.82) is 0 Å². The largest absolute Gasteiger partial charge is 0.358 e. The van der Waals surface area contributed by atoms with Gasteiger partial charge in [-0.25, -0.2) is 0 Å². The number of piperidine rings is 1. The molecular weight excluding hydrogens is 326 g/mol. The summed E-state index contributed by atoms with van der Waals surface area (Å²) in [7, 11) is 0. The van der Waals surface area contributed by atoms with Gasteiger partial charge < -0.3 is 14.5 Å². The molecule has 0 spiro atoms. The number of rotatable bonds is 3. The second-order valence-electron chi connectivity index (χ2n) is 7.03. The van der Waals surface area contributed by atoms with Crippen molar-refractivity contribution in [1.82, 2.24) is 14.5 Å². The van der Waals surface area contributed by atoms with Gasteiger partial charge in [0, 0.05) is 41.9 Å². The number of carbonyl (C=O) groups is 1. The van der Waals surface area contributed by atoms with Crippen LogP contribution in [-0.2, 0) is 11.3 Å². The fourth-order valence-corrected chi connectivity index (χ4v) is 4.08. The smallest absolute Gasteiger partial charge is 0.250 e. The number of amides is 1. The Morgan fingerprint density at radius 2 is 1.85 bits per heavy atom. The third-order valence-electron chi connectivity index (χ3n) is 5.40. The number of pyridine rings is 1. The second kappa shape index (κ2) is 6.83. The molecule has 1 aliphatic heterocycles. The number of benzene rings is 1. The highest BCUT2D eigenvalue weighted by molar-refractivity contribution is 5.85. The zero-order valence-corrected chi connectivity index (χ0v) is 14.9. The summed E-state index contributed by atoms with van der Waals surface area (Å²) in [5.74, 6) is 0.488. The van der Waals surface area contributed by atoms with Crippen molar-refractivity contribution in [3.8, 4) is 0 Å². The minimum Gasteiger partial charge on any atom is -0.358 e. The standard InChI is InChI=1S/C21H23N3O2/c1-15-21(17-6-2-3-7-18(17)22-15)16-9-12-23(13-10-16)20(26)14-24-11-5-4-8-19(24)25/h2-8,11,16,22H,9-10,12-14H2,1H3. The quantitative estimate of drug-likeness (QED) is 0.790. The van der Waals surface area contributed by atoms with Gasteiger partial charge in [0.05, 0.1) is 0 Å². The molecule has 0 aliphatic carbocycles. The van der Waals surface area contributed by atoms with Crippen molar-refractivity contribution >= 4 is 16.8 Å². The number of hydrogen-bond donors (Lipinski definition) is 1. The van der Waals surface area contributed by atoms with E-state index in [2.05, 4.69) is 36.2 Å². The first-order chi connectivity index (χ1) is 12.6. The summed E-state index contributed by atoms with van der Waals surface area (Å²) in [6.07, 6.45) is 3.58. The molecule has 0 radical (unpaired) electrons. The molecule has 1 fully saturated rings. The molecule has 26 heavy (non-hydrogen) atoms. The van der Waals surface area contributed by atoms with Crippen LogP contribution >= 0.6 is 0 Å². The average Bonchev–Trinajstić information content (AvgIpc) is 2.99. The van der Waals surface area contributed by atoms with E-state index in [1.54, 1.807) is 18.3 Å². The van der Waals surface area contributed by atoms with Gasteiger partial charge in [-0.15, -0.1) is 0 Å². The van der Waals surface area contributed by atoms with Crippen LogP contribution in [0.2, 0.25) is 0 Å². The van der Waals surface area contributed by atoms with Crippen molar-refractivity contribution in [2.24, 2.45) is 0 Å². The van der Waals surface area contributed by atoms with E-state index in [1.165, 1.54) is 32.8 Å². The zero-order valence-electron chi connectivity index (χ0n) is 14.9. The molecule has 5 nitrogen and oxygen atoms in total. The number of hydrogen-bond acceptors (Lipinski definition) is 2. The van der Waals surface area contributed by atoms with Gasteiger partial charge in [0.2, 0.25) is 5.91 Å². The Hall–Kier alpha value is -2.82. The predicted octanol–water partition coefficient (Wildman–Crippen LogP) is 3.04. The average molecular weight is 349 g/mol. The number of nitrogens with one attached hydrogen (secondary N) is 1. The molecule has 1 N–H and O–H groups in total. The maximum Gasteiger partial charge on any atom is 0.250 e. The van der Waals surface area contributed by atoms with E-state index in [0.29, 0.717) is 5.92 Å². The first-order valence-corrected chi connectivity index (χ1v) is 9.14. The number of H-pyrrole nitrogens is 1. The molecule has 0 atom stereocenters. The van der Waals surface area contributed by atoms with Crippen LogP contribution in [0.3, 0.4) is 0 Å². The lowest BCUT2D eigenvalue weighted by molar-refractivity contribution is -0.132. The minimum atomic E-state index is -0.134. The lowest BCUT2D eigenvalue weighted by atomic mass is 9.87. The van der Waals surface area contributed by atoms with Crippen molar-refractivity contribution in [3.63, 3.8) is 0 Å². The number of aryl methyl sites for hydroxylation is 1. The van der Waals surface area contributed by atoms with Gasteiger partial charge in [0.15, 0.2) is 0 Å². The van der Waals surface area contributed by atoms with E-state index >= 15 is 0 Å². The minimum absolute atomic E-state index is 0.0207. The van der Waals surface area contributed by atoms with E-state index in [-0.39, 0.29) is 18.0 Å². The molecule has 0 saturated carbocycles. The maximum atomic E-state index is 12.6. The Labute approximate surface area is 152 Å². The van der Waals surface area contributed by atoms with Gasteiger partial charge >= 0.3 is 0 Å². The van der Waals surface area contributed by atoms with E-state index in [1.807, 2.05) is 4.90 Å². The Morgan fingerprint density at radius 1 is 1.12 bits per heavy atom. The van der Waals surface area contributed by atoms with Gasteiger partial charge in [-0.1, -0.05) is 24.3 Å². The number of nitrogens with zero attached hydrogens (tertiary/aromatic N) is 2. The van der Waals surface area contributed by atoms with Crippen LogP contribution < -0.4 is 5.56 Å². The fourth-order valence-electron chi connectivity index (χ4n) is 4.08. The van der Waals surface area contributed by atoms with Gasteiger partial charge in [0.1, 0.15) is 6.54 Å². The summed E-state index contributed by atoms with van der Waals surface area (Å²) in [5.41, 5.74) is 3.67. The number of fused-ring (bicyclic) bond motifs is 1. The van der Waals surface area contributed by atoms with Crippen LogP contribution in [0.25, 0.3) is 10.9 Å². The molecule has 1 aromatic carbocycles.